The van der Waals surface area contributed by atoms with E-state index < -0.39 is 0 Å². The molecule has 30 heavy (non-hydrogen) atoms. The van der Waals surface area contributed by atoms with E-state index >= 15 is 0 Å². The fourth-order valence-electron chi connectivity index (χ4n) is 3.23. The van der Waals surface area contributed by atoms with Crippen molar-refractivity contribution in [3.8, 4) is 45.2 Å². The number of rotatable bonds is 4. The van der Waals surface area contributed by atoms with E-state index in [0.717, 1.165) is 11.1 Å². The Hall–Kier alpha value is -4.39. The maximum atomic E-state index is 5.02. The van der Waals surface area contributed by atoms with Gasteiger partial charge in [0.2, 0.25) is 0 Å². The molecule has 6 aromatic rings. The van der Waals surface area contributed by atoms with E-state index in [2.05, 4.69) is 50.2 Å². The van der Waals surface area contributed by atoms with Crippen molar-refractivity contribution in [2.45, 2.75) is 0 Å². The van der Waals surface area contributed by atoms with Crippen LogP contribution in [0.25, 0.3) is 56.3 Å². The lowest BCUT2D eigenvalue weighted by Crippen LogP contribution is -1.98. The van der Waals surface area contributed by atoms with Crippen molar-refractivity contribution in [2.24, 2.45) is 0 Å². The molecule has 5 heterocycles. The molecule has 0 aliphatic heterocycles. The van der Waals surface area contributed by atoms with Gasteiger partial charge < -0.3 is 9.51 Å². The second-order valence-electron chi connectivity index (χ2n) is 6.12. The standard InChI is InChI=1S/C17H8N10O2S/c1-2-9(16-18-3-11-17(22-16)20-7-19-11)15(12-5-28-26-23-12)14(13-6-30-27-24-13)8(1)10-4-21-29-25-10/h1-7H,(H,18,19,20,22). The van der Waals surface area contributed by atoms with E-state index in [1.807, 2.05) is 17.5 Å². The van der Waals surface area contributed by atoms with E-state index in [0.29, 0.717) is 45.2 Å². The first-order valence-corrected chi connectivity index (χ1v) is 9.38. The molecule has 0 radical (unpaired) electrons. The predicted molar refractivity (Wildman–Crippen MR) is 103 cm³/mol. The van der Waals surface area contributed by atoms with Crippen LogP contribution in [0.15, 0.2) is 51.6 Å². The molecule has 144 valence electrons. The van der Waals surface area contributed by atoms with Gasteiger partial charge in [0.05, 0.1) is 18.7 Å². The summed E-state index contributed by atoms with van der Waals surface area (Å²) < 4.78 is 13.8. The van der Waals surface area contributed by atoms with Crippen molar-refractivity contribution in [1.29, 1.82) is 0 Å². The van der Waals surface area contributed by atoms with Gasteiger partial charge in [-0.3, -0.25) is 0 Å². The van der Waals surface area contributed by atoms with E-state index in [4.69, 9.17) is 9.15 Å². The molecule has 0 saturated carbocycles. The van der Waals surface area contributed by atoms with Crippen molar-refractivity contribution in [2.75, 3.05) is 0 Å². The molecule has 0 atom stereocenters. The highest BCUT2D eigenvalue weighted by Crippen LogP contribution is 2.43. The summed E-state index contributed by atoms with van der Waals surface area (Å²) >= 11 is 1.23. The highest BCUT2D eigenvalue weighted by Gasteiger charge is 2.25. The number of H-pyrrole nitrogens is 1. The zero-order chi connectivity index (χ0) is 19.9. The van der Waals surface area contributed by atoms with Crippen LogP contribution in [0, 0.1) is 0 Å². The molecule has 13 heteroatoms. The maximum Gasteiger partial charge on any atom is 0.181 e. The van der Waals surface area contributed by atoms with E-state index in [-0.39, 0.29) is 0 Å². The smallest absolute Gasteiger partial charge is 0.181 e. The summed E-state index contributed by atoms with van der Waals surface area (Å²) in [5.41, 5.74) is 5.72. The molecule has 1 aromatic carbocycles. The lowest BCUT2D eigenvalue weighted by Gasteiger charge is -2.14. The Kier molecular flexibility index (Phi) is 3.64. The summed E-state index contributed by atoms with van der Waals surface area (Å²) in [6.45, 7) is 0. The fraction of sp³-hybridized carbons (Fsp3) is 0. The van der Waals surface area contributed by atoms with Crippen molar-refractivity contribution in [3.05, 3.63) is 42.5 Å². The van der Waals surface area contributed by atoms with Crippen LogP contribution in [0.4, 0.5) is 0 Å². The minimum absolute atomic E-state index is 0.460. The molecule has 0 unspecified atom stereocenters. The fourth-order valence-corrected chi connectivity index (χ4v) is 3.68. The number of fused-ring (bicyclic) bond motifs is 1. The summed E-state index contributed by atoms with van der Waals surface area (Å²) in [5, 5.41) is 21.5. The van der Waals surface area contributed by atoms with Gasteiger partial charge in [-0.05, 0) is 22.8 Å². The Balaban J connectivity index is 1.71. The third-order valence-corrected chi connectivity index (χ3v) is 5.00. The molecule has 5 aromatic heterocycles. The maximum absolute atomic E-state index is 5.02. The molecule has 0 spiro atoms. The monoisotopic (exact) mass is 416 g/mol. The Morgan fingerprint density at radius 3 is 2.67 bits per heavy atom. The van der Waals surface area contributed by atoms with Crippen LogP contribution in [0.5, 0.6) is 0 Å². The van der Waals surface area contributed by atoms with Gasteiger partial charge in [-0.1, -0.05) is 15.7 Å². The van der Waals surface area contributed by atoms with Crippen LogP contribution in [-0.2, 0) is 0 Å². The molecule has 0 fully saturated rings. The SMILES string of the molecule is c1nc2nc(-c3ccc(-c4cnon4)c(-c4csnn4)c3-c3conn3)ncc2[nH]1. The zero-order valence-corrected chi connectivity index (χ0v) is 15.6. The van der Waals surface area contributed by atoms with Crippen molar-refractivity contribution < 1.29 is 9.15 Å². The normalized spacial score (nSPS) is 11.3. The topological polar surface area (TPSA) is 158 Å². The van der Waals surface area contributed by atoms with E-state index in [1.165, 1.54) is 24.0 Å². The predicted octanol–water partition coefficient (Wildman–Crippen LogP) is 2.64. The van der Waals surface area contributed by atoms with Gasteiger partial charge in [0.1, 0.15) is 22.6 Å². The van der Waals surface area contributed by atoms with E-state index in [9.17, 15) is 0 Å². The Morgan fingerprint density at radius 1 is 0.933 bits per heavy atom. The minimum atomic E-state index is 0.460. The molecule has 0 aliphatic carbocycles. The van der Waals surface area contributed by atoms with E-state index in [1.54, 1.807) is 12.5 Å². The summed E-state index contributed by atoms with van der Waals surface area (Å²) in [4.78, 5) is 16.3. The first-order valence-electron chi connectivity index (χ1n) is 8.55. The third kappa shape index (κ3) is 2.56. The lowest BCUT2D eigenvalue weighted by molar-refractivity contribution is 0.308. The van der Waals surface area contributed by atoms with Gasteiger partial charge in [-0.2, -0.15) is 0 Å². The van der Waals surface area contributed by atoms with Crippen LogP contribution in [-0.4, -0.2) is 50.2 Å². The Morgan fingerprint density at radius 2 is 1.87 bits per heavy atom. The van der Waals surface area contributed by atoms with Gasteiger partial charge in [0.25, 0.3) is 0 Å². The van der Waals surface area contributed by atoms with Crippen LogP contribution in [0.3, 0.4) is 0 Å². The first kappa shape index (κ1) is 16.6. The molecule has 6 rings (SSSR count). The van der Waals surface area contributed by atoms with Gasteiger partial charge in [0, 0.05) is 32.9 Å². The van der Waals surface area contributed by atoms with Crippen molar-refractivity contribution in [3.63, 3.8) is 0 Å². The van der Waals surface area contributed by atoms with Crippen LogP contribution in [0.1, 0.15) is 0 Å². The number of hydrogen-bond acceptors (Lipinski definition) is 12. The molecule has 0 amide bonds. The number of aromatic nitrogens is 10. The van der Waals surface area contributed by atoms with Crippen LogP contribution >= 0.6 is 11.5 Å². The quantitative estimate of drug-likeness (QED) is 0.450. The number of benzene rings is 1. The summed E-state index contributed by atoms with van der Waals surface area (Å²) in [6, 6.07) is 3.74. The van der Waals surface area contributed by atoms with Crippen LogP contribution < -0.4 is 0 Å². The summed E-state index contributed by atoms with van der Waals surface area (Å²) in [6.07, 6.45) is 6.21. The third-order valence-electron chi connectivity index (χ3n) is 4.49. The number of imidazole rings is 1. The Labute approximate surface area is 170 Å². The largest absolute Gasteiger partial charge is 0.345 e. The molecule has 0 bridgehead atoms. The average Bonchev–Trinajstić information content (AvgIpc) is 3.59. The highest BCUT2D eigenvalue weighted by atomic mass is 32.1. The zero-order valence-electron chi connectivity index (χ0n) is 14.8. The second-order valence-corrected chi connectivity index (χ2v) is 6.73. The molecule has 0 saturated heterocycles. The summed E-state index contributed by atoms with van der Waals surface area (Å²) in [7, 11) is 0. The average molecular weight is 416 g/mol. The van der Waals surface area contributed by atoms with Gasteiger partial charge in [-0.25, -0.2) is 19.6 Å². The summed E-state index contributed by atoms with van der Waals surface area (Å²) in [5.74, 6) is 0.460. The second kappa shape index (κ2) is 6.59. The molecule has 12 nitrogen and oxygen atoms in total. The van der Waals surface area contributed by atoms with Crippen molar-refractivity contribution >= 4 is 22.7 Å². The lowest BCUT2D eigenvalue weighted by atomic mass is 9.90. The molecular formula is C17H8N10O2S. The number of nitrogens with zero attached hydrogens (tertiary/aromatic N) is 9. The van der Waals surface area contributed by atoms with Gasteiger partial charge in [0.15, 0.2) is 17.7 Å². The molecule has 1 N–H and O–H groups in total. The van der Waals surface area contributed by atoms with Crippen molar-refractivity contribution in [1.82, 2.24) is 50.2 Å². The Bertz CT molecular complexity index is 1440. The van der Waals surface area contributed by atoms with Crippen LogP contribution in [0.2, 0.25) is 0 Å². The minimum Gasteiger partial charge on any atom is -0.345 e. The number of hydrogen-bond donors (Lipinski definition) is 1. The highest BCUT2D eigenvalue weighted by molar-refractivity contribution is 7.03. The van der Waals surface area contributed by atoms with Gasteiger partial charge in [-0.15, -0.1) is 10.2 Å². The number of aromatic amines is 1. The molecule has 0 aliphatic rings. The van der Waals surface area contributed by atoms with Gasteiger partial charge >= 0.3 is 0 Å². The number of nitrogens with one attached hydrogen (secondary N) is 1. The first-order chi connectivity index (χ1) is 14.9. The molecular weight excluding hydrogens is 408 g/mol.